The van der Waals surface area contributed by atoms with Crippen molar-refractivity contribution in [2.45, 2.75) is 63.8 Å². The number of hydrogen-bond donors (Lipinski definition) is 0. The summed E-state index contributed by atoms with van der Waals surface area (Å²) in [5, 5.41) is 0. The number of carbonyl (C=O) groups is 1. The first-order chi connectivity index (χ1) is 7.25. The van der Waals surface area contributed by atoms with Crippen molar-refractivity contribution < 1.29 is 4.79 Å². The fraction of sp³-hybridized carbons (Fsp3) is 0.846. The summed E-state index contributed by atoms with van der Waals surface area (Å²) in [6.45, 7) is 3.79. The molecule has 1 aliphatic carbocycles. The summed E-state index contributed by atoms with van der Waals surface area (Å²) < 4.78 is 0. The first-order valence-corrected chi connectivity index (χ1v) is 6.30. The fourth-order valence-electron chi connectivity index (χ4n) is 2.30. The molecule has 0 aromatic heterocycles. The zero-order chi connectivity index (χ0) is 11.1. The van der Waals surface area contributed by atoms with Crippen LogP contribution in [0.4, 0.5) is 0 Å². The normalized spacial score (nSPS) is 17.7. The summed E-state index contributed by atoms with van der Waals surface area (Å²) in [7, 11) is 1.97. The average Bonchev–Trinajstić information content (AvgIpc) is 2.29. The Hall–Kier alpha value is -0.530. The van der Waals surface area contributed by atoms with Gasteiger partial charge in [0.2, 0.25) is 5.91 Å². The minimum absolute atomic E-state index is 0.329. The third-order valence-electron chi connectivity index (χ3n) is 3.41. The molecule has 0 atom stereocenters. The van der Waals surface area contributed by atoms with Crippen LogP contribution in [0.25, 0.3) is 0 Å². The molecule has 0 aromatic carbocycles. The third kappa shape index (κ3) is 4.23. The van der Waals surface area contributed by atoms with Crippen LogP contribution in [-0.4, -0.2) is 23.9 Å². The Kier molecular flexibility index (Phi) is 5.74. The molecule has 0 aromatic rings. The van der Waals surface area contributed by atoms with Gasteiger partial charge in [0.1, 0.15) is 0 Å². The van der Waals surface area contributed by atoms with Crippen LogP contribution >= 0.6 is 0 Å². The minimum atomic E-state index is 0.329. The minimum Gasteiger partial charge on any atom is -0.343 e. The smallest absolute Gasteiger partial charge is 0.222 e. The van der Waals surface area contributed by atoms with E-state index in [4.69, 9.17) is 0 Å². The Morgan fingerprint density at radius 2 is 1.93 bits per heavy atom. The van der Waals surface area contributed by atoms with Gasteiger partial charge in [-0.1, -0.05) is 39.0 Å². The lowest BCUT2D eigenvalue weighted by Crippen LogP contribution is -2.38. The molecule has 2 nitrogen and oxygen atoms in total. The highest BCUT2D eigenvalue weighted by atomic mass is 16.2. The molecule has 0 unspecified atom stereocenters. The van der Waals surface area contributed by atoms with E-state index in [9.17, 15) is 4.79 Å². The molecular formula is C13H24NO. The van der Waals surface area contributed by atoms with Crippen molar-refractivity contribution in [1.29, 1.82) is 0 Å². The van der Waals surface area contributed by atoms with Gasteiger partial charge in [0, 0.05) is 19.5 Å². The Bertz CT molecular complexity index is 185. The molecule has 0 N–H and O–H groups in total. The van der Waals surface area contributed by atoms with Crippen LogP contribution in [-0.2, 0) is 4.79 Å². The summed E-state index contributed by atoms with van der Waals surface area (Å²) in [5.41, 5.74) is 0. The second-order valence-corrected chi connectivity index (χ2v) is 4.61. The number of rotatable bonds is 5. The van der Waals surface area contributed by atoms with Crippen LogP contribution in [0.15, 0.2) is 0 Å². The second-order valence-electron chi connectivity index (χ2n) is 4.61. The molecule has 15 heavy (non-hydrogen) atoms. The molecule has 2 heteroatoms. The maximum atomic E-state index is 11.8. The summed E-state index contributed by atoms with van der Waals surface area (Å²) in [5.74, 6) is 0.329. The van der Waals surface area contributed by atoms with Crippen molar-refractivity contribution in [2.75, 3.05) is 7.05 Å². The van der Waals surface area contributed by atoms with Gasteiger partial charge in [-0.3, -0.25) is 4.79 Å². The topological polar surface area (TPSA) is 20.3 Å². The van der Waals surface area contributed by atoms with Crippen molar-refractivity contribution in [2.24, 2.45) is 0 Å². The molecule has 0 saturated heterocycles. The summed E-state index contributed by atoms with van der Waals surface area (Å²) in [4.78, 5) is 13.8. The molecule has 0 aliphatic heterocycles. The number of nitrogens with zero attached hydrogens (tertiary/aromatic N) is 1. The number of unbranched alkanes of at least 4 members (excludes halogenated alkanes) is 2. The Labute approximate surface area is 94.0 Å². The van der Waals surface area contributed by atoms with E-state index in [1.165, 1.54) is 32.1 Å². The molecule has 0 spiro atoms. The lowest BCUT2D eigenvalue weighted by molar-refractivity contribution is -0.132. The SMILES string of the molecule is [CH2]CCCCC(=O)N(C)C1CCCCC1. The molecule has 1 aliphatic rings. The predicted molar refractivity (Wildman–Crippen MR) is 63.5 cm³/mol. The zero-order valence-corrected chi connectivity index (χ0v) is 10.0. The van der Waals surface area contributed by atoms with Gasteiger partial charge in [0.05, 0.1) is 0 Å². The van der Waals surface area contributed by atoms with Gasteiger partial charge in [-0.05, 0) is 19.3 Å². The van der Waals surface area contributed by atoms with Gasteiger partial charge in [0.25, 0.3) is 0 Å². The van der Waals surface area contributed by atoms with Crippen molar-refractivity contribution >= 4 is 5.91 Å². The Morgan fingerprint density at radius 3 is 2.53 bits per heavy atom. The van der Waals surface area contributed by atoms with Crippen LogP contribution in [0.5, 0.6) is 0 Å². The lowest BCUT2D eigenvalue weighted by Gasteiger charge is -2.31. The maximum Gasteiger partial charge on any atom is 0.222 e. The molecule has 0 heterocycles. The van der Waals surface area contributed by atoms with Crippen LogP contribution in [0, 0.1) is 6.92 Å². The first kappa shape index (κ1) is 12.5. The quantitative estimate of drug-likeness (QED) is 0.638. The highest BCUT2D eigenvalue weighted by Crippen LogP contribution is 2.22. The average molecular weight is 210 g/mol. The monoisotopic (exact) mass is 210 g/mol. The van der Waals surface area contributed by atoms with Crippen molar-refractivity contribution in [3.63, 3.8) is 0 Å². The molecule has 0 bridgehead atoms. The fourth-order valence-corrected chi connectivity index (χ4v) is 2.30. The van der Waals surface area contributed by atoms with E-state index in [0.29, 0.717) is 18.4 Å². The highest BCUT2D eigenvalue weighted by molar-refractivity contribution is 5.76. The van der Waals surface area contributed by atoms with E-state index in [0.717, 1.165) is 19.3 Å². The second kappa shape index (κ2) is 6.86. The van der Waals surface area contributed by atoms with E-state index in [1.807, 2.05) is 11.9 Å². The Morgan fingerprint density at radius 1 is 1.27 bits per heavy atom. The predicted octanol–water partition coefficient (Wildman–Crippen LogP) is 3.17. The molecule has 1 fully saturated rings. The van der Waals surface area contributed by atoms with Crippen molar-refractivity contribution in [1.82, 2.24) is 4.90 Å². The molecule has 1 radical (unpaired) electrons. The standard InChI is InChI=1S/C13H24NO/c1-3-4-6-11-13(15)14(2)12-9-7-5-8-10-12/h12H,1,3-11H2,2H3. The third-order valence-corrected chi connectivity index (χ3v) is 3.41. The first-order valence-electron chi connectivity index (χ1n) is 6.30. The molecule has 1 amide bonds. The number of carbonyl (C=O) groups excluding carboxylic acids is 1. The highest BCUT2D eigenvalue weighted by Gasteiger charge is 2.21. The van der Waals surface area contributed by atoms with E-state index in [1.54, 1.807) is 0 Å². The van der Waals surface area contributed by atoms with Gasteiger partial charge >= 0.3 is 0 Å². The summed E-state index contributed by atoms with van der Waals surface area (Å²) >= 11 is 0. The molecule has 1 saturated carbocycles. The van der Waals surface area contributed by atoms with E-state index < -0.39 is 0 Å². The van der Waals surface area contributed by atoms with Crippen LogP contribution in [0.1, 0.15) is 57.8 Å². The van der Waals surface area contributed by atoms with E-state index in [2.05, 4.69) is 6.92 Å². The van der Waals surface area contributed by atoms with Gasteiger partial charge in [-0.15, -0.1) is 0 Å². The zero-order valence-electron chi connectivity index (χ0n) is 10.0. The number of amides is 1. The maximum absolute atomic E-state index is 11.8. The van der Waals surface area contributed by atoms with Crippen molar-refractivity contribution in [3.05, 3.63) is 6.92 Å². The van der Waals surface area contributed by atoms with Crippen LogP contribution in [0.2, 0.25) is 0 Å². The van der Waals surface area contributed by atoms with E-state index in [-0.39, 0.29) is 0 Å². The van der Waals surface area contributed by atoms with Gasteiger partial charge in [-0.2, -0.15) is 0 Å². The van der Waals surface area contributed by atoms with Gasteiger partial charge < -0.3 is 4.90 Å². The largest absolute Gasteiger partial charge is 0.343 e. The van der Waals surface area contributed by atoms with Gasteiger partial charge in [0.15, 0.2) is 0 Å². The summed E-state index contributed by atoms with van der Waals surface area (Å²) in [6, 6.07) is 0.519. The van der Waals surface area contributed by atoms with Crippen molar-refractivity contribution in [3.8, 4) is 0 Å². The van der Waals surface area contributed by atoms with Gasteiger partial charge in [-0.25, -0.2) is 0 Å². The van der Waals surface area contributed by atoms with E-state index >= 15 is 0 Å². The lowest BCUT2D eigenvalue weighted by atomic mass is 9.94. The Balaban J connectivity index is 2.24. The summed E-state index contributed by atoms with van der Waals surface area (Å²) in [6.07, 6.45) is 10.1. The molecular weight excluding hydrogens is 186 g/mol. The van der Waals surface area contributed by atoms with Crippen LogP contribution < -0.4 is 0 Å². The molecule has 87 valence electrons. The molecule has 1 rings (SSSR count). The van der Waals surface area contributed by atoms with Crippen LogP contribution in [0.3, 0.4) is 0 Å². The number of hydrogen-bond acceptors (Lipinski definition) is 1.